The second-order valence-electron chi connectivity index (χ2n) is 7.75. The molecule has 0 aromatic rings. The van der Waals surface area contributed by atoms with Crippen LogP contribution < -0.4 is 16.4 Å². The number of nitrogens with two attached hydrogens (primary N) is 1. The molecule has 4 atom stereocenters. The van der Waals surface area contributed by atoms with Crippen LogP contribution in [-0.4, -0.2) is 35.7 Å². The average molecular weight is 321 g/mol. The lowest BCUT2D eigenvalue weighted by atomic mass is 9.66. The highest BCUT2D eigenvalue weighted by molar-refractivity contribution is 6.38. The molecule has 6 nitrogen and oxygen atoms in total. The number of primary amides is 1. The summed E-state index contributed by atoms with van der Waals surface area (Å²) in [4.78, 5) is 37.6. The van der Waals surface area contributed by atoms with Crippen LogP contribution in [0.1, 0.15) is 46.0 Å². The fourth-order valence-corrected chi connectivity index (χ4v) is 4.74. The Balaban J connectivity index is 1.92. The van der Waals surface area contributed by atoms with Gasteiger partial charge in [0.1, 0.15) is 5.54 Å². The standard InChI is InChI=1S/C17H27N3O3/c1-9(2)13(14(21)15(22)20-11-6-7-11)17(16(18)23)12-5-3-4-10(12)8-19-17/h9-13,19H,3-8H2,1-2H3,(H2,18,23)(H,20,22)/t10?,12?,13-,17?/m1/s1. The maximum Gasteiger partial charge on any atom is 0.287 e. The largest absolute Gasteiger partial charge is 0.368 e. The van der Waals surface area contributed by atoms with E-state index in [1.54, 1.807) is 0 Å². The van der Waals surface area contributed by atoms with Crippen LogP contribution >= 0.6 is 0 Å². The zero-order valence-corrected chi connectivity index (χ0v) is 13.9. The molecule has 4 N–H and O–H groups in total. The van der Waals surface area contributed by atoms with Gasteiger partial charge in [-0.25, -0.2) is 0 Å². The minimum atomic E-state index is -1.08. The van der Waals surface area contributed by atoms with Crippen molar-refractivity contribution in [1.82, 2.24) is 10.6 Å². The van der Waals surface area contributed by atoms with Gasteiger partial charge in [0.2, 0.25) is 11.7 Å². The van der Waals surface area contributed by atoms with Gasteiger partial charge in [-0.05, 0) is 50.0 Å². The molecule has 3 unspecified atom stereocenters. The first kappa shape index (κ1) is 16.4. The van der Waals surface area contributed by atoms with Crippen molar-refractivity contribution in [3.63, 3.8) is 0 Å². The number of fused-ring (bicyclic) bond motifs is 1. The van der Waals surface area contributed by atoms with E-state index in [0.717, 1.165) is 32.1 Å². The van der Waals surface area contributed by atoms with E-state index in [1.165, 1.54) is 0 Å². The molecule has 2 aliphatic carbocycles. The summed E-state index contributed by atoms with van der Waals surface area (Å²) in [5, 5.41) is 6.04. The van der Waals surface area contributed by atoms with Crippen molar-refractivity contribution in [3.8, 4) is 0 Å². The van der Waals surface area contributed by atoms with Crippen molar-refractivity contribution in [3.05, 3.63) is 0 Å². The van der Waals surface area contributed by atoms with Gasteiger partial charge in [0.25, 0.3) is 5.91 Å². The Hall–Kier alpha value is -1.43. The lowest BCUT2D eigenvalue weighted by molar-refractivity contribution is -0.146. The zero-order chi connectivity index (χ0) is 16.8. The van der Waals surface area contributed by atoms with Gasteiger partial charge >= 0.3 is 0 Å². The molecule has 0 aromatic heterocycles. The minimum Gasteiger partial charge on any atom is -0.368 e. The van der Waals surface area contributed by atoms with E-state index in [2.05, 4.69) is 10.6 Å². The number of ketones is 1. The molecular formula is C17H27N3O3. The molecule has 0 bridgehead atoms. The van der Waals surface area contributed by atoms with Crippen molar-refractivity contribution in [1.29, 1.82) is 0 Å². The third kappa shape index (κ3) is 2.67. The normalized spacial score (nSPS) is 34.2. The molecule has 0 spiro atoms. The molecule has 3 rings (SSSR count). The second kappa shape index (κ2) is 5.89. The summed E-state index contributed by atoms with van der Waals surface area (Å²) >= 11 is 0. The zero-order valence-electron chi connectivity index (χ0n) is 13.9. The molecule has 1 heterocycles. The highest BCUT2D eigenvalue weighted by Gasteiger charge is 2.61. The average Bonchev–Trinajstić information content (AvgIpc) is 3.03. The summed E-state index contributed by atoms with van der Waals surface area (Å²) in [5.41, 5.74) is 4.72. The van der Waals surface area contributed by atoms with Crippen LogP contribution in [-0.2, 0) is 14.4 Å². The fraction of sp³-hybridized carbons (Fsp3) is 0.824. The Bertz CT molecular complexity index is 529. The van der Waals surface area contributed by atoms with Crippen LogP contribution in [0.4, 0.5) is 0 Å². The summed E-state index contributed by atoms with van der Waals surface area (Å²) in [6, 6.07) is 0.125. The quantitative estimate of drug-likeness (QED) is 0.614. The fourth-order valence-electron chi connectivity index (χ4n) is 4.74. The molecule has 2 saturated carbocycles. The first-order valence-corrected chi connectivity index (χ1v) is 8.77. The van der Waals surface area contributed by atoms with Gasteiger partial charge in [0.05, 0.1) is 5.92 Å². The highest BCUT2D eigenvalue weighted by Crippen LogP contribution is 2.48. The first-order chi connectivity index (χ1) is 10.9. The van der Waals surface area contributed by atoms with E-state index >= 15 is 0 Å². The molecule has 0 aromatic carbocycles. The van der Waals surface area contributed by atoms with E-state index < -0.39 is 29.1 Å². The molecule has 2 amide bonds. The van der Waals surface area contributed by atoms with E-state index in [-0.39, 0.29) is 17.9 Å². The number of hydrogen-bond acceptors (Lipinski definition) is 4. The molecule has 3 aliphatic rings. The second-order valence-corrected chi connectivity index (χ2v) is 7.75. The third-order valence-corrected chi connectivity index (χ3v) is 5.88. The van der Waals surface area contributed by atoms with Crippen molar-refractivity contribution < 1.29 is 14.4 Å². The predicted octanol–water partition coefficient (Wildman–Crippen LogP) is 0.350. The van der Waals surface area contributed by atoms with Gasteiger partial charge < -0.3 is 16.4 Å². The van der Waals surface area contributed by atoms with Crippen LogP contribution in [0.5, 0.6) is 0 Å². The molecule has 23 heavy (non-hydrogen) atoms. The Morgan fingerprint density at radius 3 is 2.43 bits per heavy atom. The Morgan fingerprint density at radius 1 is 1.17 bits per heavy atom. The lowest BCUT2D eigenvalue weighted by Gasteiger charge is -2.40. The van der Waals surface area contributed by atoms with Gasteiger partial charge in [-0.2, -0.15) is 0 Å². The summed E-state index contributed by atoms with van der Waals surface area (Å²) < 4.78 is 0. The molecule has 1 saturated heterocycles. The molecular weight excluding hydrogens is 294 g/mol. The lowest BCUT2D eigenvalue weighted by Crippen LogP contribution is -2.65. The van der Waals surface area contributed by atoms with Gasteiger partial charge in [-0.15, -0.1) is 0 Å². The van der Waals surface area contributed by atoms with E-state index in [1.807, 2.05) is 13.8 Å². The number of carbonyl (C=O) groups is 3. The number of carbonyl (C=O) groups excluding carboxylic acids is 3. The van der Waals surface area contributed by atoms with E-state index in [4.69, 9.17) is 5.73 Å². The first-order valence-electron chi connectivity index (χ1n) is 8.77. The minimum absolute atomic E-state index is 0.0603. The number of nitrogens with one attached hydrogen (secondary N) is 2. The van der Waals surface area contributed by atoms with Gasteiger partial charge in [-0.1, -0.05) is 20.3 Å². The molecule has 3 fully saturated rings. The summed E-state index contributed by atoms with van der Waals surface area (Å²) in [7, 11) is 0. The number of Topliss-reactive ketones (excluding diaryl/α,β-unsaturated/α-hetero) is 1. The van der Waals surface area contributed by atoms with Crippen molar-refractivity contribution in [2.75, 3.05) is 6.54 Å². The third-order valence-electron chi connectivity index (χ3n) is 5.88. The van der Waals surface area contributed by atoms with Crippen molar-refractivity contribution in [2.24, 2.45) is 29.4 Å². The van der Waals surface area contributed by atoms with Crippen LogP contribution in [0, 0.1) is 23.7 Å². The Kier molecular flexibility index (Phi) is 4.21. The maximum absolute atomic E-state index is 12.9. The SMILES string of the molecule is CC(C)[C@H](C(=O)C(=O)NC1CC1)C1(C(N)=O)NCC2CCCC21. The van der Waals surface area contributed by atoms with Gasteiger partial charge in [-0.3, -0.25) is 14.4 Å². The molecule has 0 radical (unpaired) electrons. The van der Waals surface area contributed by atoms with E-state index in [0.29, 0.717) is 12.5 Å². The molecule has 1 aliphatic heterocycles. The Morgan fingerprint density at radius 2 is 1.87 bits per heavy atom. The number of amides is 2. The van der Waals surface area contributed by atoms with Crippen LogP contribution in [0.2, 0.25) is 0 Å². The smallest absolute Gasteiger partial charge is 0.287 e. The predicted molar refractivity (Wildman–Crippen MR) is 85.3 cm³/mol. The van der Waals surface area contributed by atoms with Gasteiger partial charge in [0.15, 0.2) is 0 Å². The summed E-state index contributed by atoms with van der Waals surface area (Å²) in [6.07, 6.45) is 4.85. The summed E-state index contributed by atoms with van der Waals surface area (Å²) in [6.45, 7) is 4.48. The molecule has 128 valence electrons. The van der Waals surface area contributed by atoms with Crippen LogP contribution in [0.3, 0.4) is 0 Å². The monoisotopic (exact) mass is 321 g/mol. The summed E-state index contributed by atoms with van der Waals surface area (Å²) in [5.74, 6) is -1.94. The Labute approximate surface area is 136 Å². The maximum atomic E-state index is 12.9. The van der Waals surface area contributed by atoms with Gasteiger partial charge in [0, 0.05) is 6.04 Å². The number of rotatable bonds is 6. The topological polar surface area (TPSA) is 101 Å². The number of hydrogen-bond donors (Lipinski definition) is 3. The van der Waals surface area contributed by atoms with E-state index in [9.17, 15) is 14.4 Å². The van der Waals surface area contributed by atoms with Crippen molar-refractivity contribution >= 4 is 17.6 Å². The highest BCUT2D eigenvalue weighted by atomic mass is 16.2. The van der Waals surface area contributed by atoms with Crippen LogP contribution in [0.15, 0.2) is 0 Å². The molecule has 6 heteroatoms. The van der Waals surface area contributed by atoms with Crippen LogP contribution in [0.25, 0.3) is 0 Å². The van der Waals surface area contributed by atoms with Crippen molar-refractivity contribution in [2.45, 2.75) is 57.5 Å².